The highest BCUT2D eigenvalue weighted by Gasteiger charge is 2.33. The Morgan fingerprint density at radius 2 is 1.58 bits per heavy atom. The average Bonchev–Trinajstić information content (AvgIpc) is 3.20. The Balaban J connectivity index is 2.32. The first-order valence-electron chi connectivity index (χ1n) is 7.69. The van der Waals surface area contributed by atoms with E-state index in [-0.39, 0.29) is 0 Å². The molecule has 2 unspecified atom stereocenters. The van der Waals surface area contributed by atoms with Gasteiger partial charge in [0.1, 0.15) is 0 Å². The number of benzene rings is 1. The summed E-state index contributed by atoms with van der Waals surface area (Å²) in [4.78, 5) is 0.513. The van der Waals surface area contributed by atoms with Crippen molar-refractivity contribution in [3.05, 3.63) is 34.9 Å². The van der Waals surface area contributed by atoms with Gasteiger partial charge in [-0.1, -0.05) is 68.7 Å². The molecule has 1 aromatic carbocycles. The van der Waals surface area contributed by atoms with Gasteiger partial charge in [-0.2, -0.15) is 0 Å². The second-order valence-corrected chi connectivity index (χ2v) is 7.78. The van der Waals surface area contributed by atoms with E-state index in [1.807, 2.05) is 0 Å². The minimum absolute atomic E-state index is 0.513. The minimum atomic E-state index is 0.513. The first kappa shape index (κ1) is 15.1. The number of alkyl halides is 1. The van der Waals surface area contributed by atoms with Crippen molar-refractivity contribution < 1.29 is 0 Å². The first-order chi connectivity index (χ1) is 8.91. The Labute approximate surface area is 127 Å². The summed E-state index contributed by atoms with van der Waals surface area (Å²) in [5.74, 6) is 2.90. The van der Waals surface area contributed by atoms with Gasteiger partial charge in [-0.15, -0.1) is 0 Å². The number of hydrogen-bond acceptors (Lipinski definition) is 0. The summed E-state index contributed by atoms with van der Waals surface area (Å²) in [7, 11) is 0. The highest BCUT2D eigenvalue weighted by Crippen LogP contribution is 2.47. The van der Waals surface area contributed by atoms with Crippen LogP contribution in [0.15, 0.2) is 18.2 Å². The molecule has 2 rings (SSSR count). The summed E-state index contributed by atoms with van der Waals surface area (Å²) in [6.07, 6.45) is 2.84. The average molecular weight is 323 g/mol. The topological polar surface area (TPSA) is 0 Å². The Morgan fingerprint density at radius 3 is 2.05 bits per heavy atom. The van der Waals surface area contributed by atoms with E-state index in [4.69, 9.17) is 0 Å². The minimum Gasteiger partial charge on any atom is -0.0836 e. The van der Waals surface area contributed by atoms with Crippen LogP contribution in [0.5, 0.6) is 0 Å². The predicted molar refractivity (Wildman–Crippen MR) is 88.2 cm³/mol. The smallest absolute Gasteiger partial charge is 0.0426 e. The largest absolute Gasteiger partial charge is 0.0836 e. The lowest BCUT2D eigenvalue weighted by atomic mass is 9.86. The van der Waals surface area contributed by atoms with Crippen LogP contribution in [0.25, 0.3) is 0 Å². The molecule has 0 saturated heterocycles. The molecule has 19 heavy (non-hydrogen) atoms. The maximum atomic E-state index is 3.97. The molecule has 1 fully saturated rings. The second kappa shape index (κ2) is 5.99. The van der Waals surface area contributed by atoms with Gasteiger partial charge in [0.05, 0.1) is 0 Å². The fourth-order valence-corrected chi connectivity index (χ4v) is 3.70. The normalized spacial score (nSPS) is 18.9. The van der Waals surface area contributed by atoms with Crippen molar-refractivity contribution >= 4 is 15.9 Å². The lowest BCUT2D eigenvalue weighted by molar-refractivity contribution is 0.500. The molecule has 2 atom stereocenters. The number of halogens is 1. The molecule has 1 saturated carbocycles. The third kappa shape index (κ3) is 3.42. The molecule has 1 heteroatoms. The summed E-state index contributed by atoms with van der Waals surface area (Å²) in [6.45, 7) is 11.6. The maximum absolute atomic E-state index is 3.97. The molecule has 106 valence electrons. The van der Waals surface area contributed by atoms with E-state index in [9.17, 15) is 0 Å². The van der Waals surface area contributed by atoms with Gasteiger partial charge >= 0.3 is 0 Å². The van der Waals surface area contributed by atoms with Gasteiger partial charge in [-0.3, -0.25) is 0 Å². The van der Waals surface area contributed by atoms with Crippen molar-refractivity contribution in [2.45, 2.75) is 64.1 Å². The Bertz CT molecular complexity index is 429. The van der Waals surface area contributed by atoms with Crippen LogP contribution in [0, 0.1) is 11.8 Å². The zero-order valence-electron chi connectivity index (χ0n) is 12.9. The molecular formula is C18H27Br. The zero-order chi connectivity index (χ0) is 14.2. The highest BCUT2D eigenvalue weighted by atomic mass is 79.9. The van der Waals surface area contributed by atoms with Gasteiger partial charge in [-0.25, -0.2) is 0 Å². The van der Waals surface area contributed by atoms with Gasteiger partial charge in [0.15, 0.2) is 0 Å². The van der Waals surface area contributed by atoms with E-state index in [1.165, 1.54) is 29.5 Å². The maximum Gasteiger partial charge on any atom is 0.0426 e. The summed E-state index contributed by atoms with van der Waals surface area (Å²) in [5, 5.41) is 0. The van der Waals surface area contributed by atoms with Crippen molar-refractivity contribution in [2.75, 3.05) is 0 Å². The molecule has 1 aromatic rings. The van der Waals surface area contributed by atoms with Gasteiger partial charge in [0.25, 0.3) is 0 Å². The molecule has 0 bridgehead atoms. The predicted octanol–water partition coefficient (Wildman–Crippen LogP) is 6.42. The van der Waals surface area contributed by atoms with Gasteiger partial charge < -0.3 is 0 Å². The van der Waals surface area contributed by atoms with Crippen molar-refractivity contribution in [1.29, 1.82) is 0 Å². The van der Waals surface area contributed by atoms with E-state index >= 15 is 0 Å². The van der Waals surface area contributed by atoms with Crippen molar-refractivity contribution in [3.8, 4) is 0 Å². The van der Waals surface area contributed by atoms with Crippen LogP contribution in [0.1, 0.15) is 80.8 Å². The highest BCUT2D eigenvalue weighted by molar-refractivity contribution is 9.09. The van der Waals surface area contributed by atoms with E-state index < -0.39 is 0 Å². The molecule has 0 heterocycles. The quantitative estimate of drug-likeness (QED) is 0.549. The molecule has 1 aliphatic rings. The van der Waals surface area contributed by atoms with E-state index in [0.717, 1.165) is 11.8 Å². The zero-order valence-corrected chi connectivity index (χ0v) is 14.5. The molecule has 0 nitrogen and oxygen atoms in total. The van der Waals surface area contributed by atoms with E-state index in [0.29, 0.717) is 16.7 Å². The standard InChI is InChI=1S/C18H27Br/c1-11(2)15-8-9-16(17(10-15)12(3)4)18(19)13(5)14-6-7-14/h8-14,18H,6-7H2,1-5H3. The molecule has 0 spiro atoms. The third-order valence-electron chi connectivity index (χ3n) is 4.52. The van der Waals surface area contributed by atoms with Gasteiger partial charge in [0, 0.05) is 4.83 Å². The third-order valence-corrected chi connectivity index (χ3v) is 5.85. The molecule has 0 amide bonds. The van der Waals surface area contributed by atoms with Crippen LogP contribution in [0.3, 0.4) is 0 Å². The molecule has 0 aromatic heterocycles. The molecular weight excluding hydrogens is 296 g/mol. The van der Waals surface area contributed by atoms with Crippen LogP contribution < -0.4 is 0 Å². The Kier molecular flexibility index (Phi) is 4.76. The van der Waals surface area contributed by atoms with Gasteiger partial charge in [-0.05, 0) is 53.2 Å². The van der Waals surface area contributed by atoms with Crippen molar-refractivity contribution in [2.24, 2.45) is 11.8 Å². The number of rotatable bonds is 5. The molecule has 0 radical (unpaired) electrons. The Hall–Kier alpha value is -0.300. The monoisotopic (exact) mass is 322 g/mol. The lowest BCUT2D eigenvalue weighted by Crippen LogP contribution is -2.09. The van der Waals surface area contributed by atoms with Gasteiger partial charge in [0.2, 0.25) is 0 Å². The molecule has 0 aliphatic heterocycles. The lowest BCUT2D eigenvalue weighted by Gasteiger charge is -2.24. The Morgan fingerprint density at radius 1 is 0.947 bits per heavy atom. The first-order valence-corrected chi connectivity index (χ1v) is 8.61. The van der Waals surface area contributed by atoms with Crippen LogP contribution >= 0.6 is 15.9 Å². The molecule has 0 N–H and O–H groups in total. The van der Waals surface area contributed by atoms with Crippen LogP contribution in [-0.4, -0.2) is 0 Å². The fraction of sp³-hybridized carbons (Fsp3) is 0.667. The number of hydrogen-bond donors (Lipinski definition) is 0. The van der Waals surface area contributed by atoms with Crippen molar-refractivity contribution in [3.63, 3.8) is 0 Å². The second-order valence-electron chi connectivity index (χ2n) is 6.80. The summed E-state index contributed by atoms with van der Waals surface area (Å²) in [6, 6.07) is 7.11. The van der Waals surface area contributed by atoms with Crippen LogP contribution in [-0.2, 0) is 0 Å². The van der Waals surface area contributed by atoms with E-state index in [2.05, 4.69) is 68.7 Å². The fourth-order valence-electron chi connectivity index (χ4n) is 2.85. The van der Waals surface area contributed by atoms with Crippen molar-refractivity contribution in [1.82, 2.24) is 0 Å². The summed E-state index contributed by atoms with van der Waals surface area (Å²) >= 11 is 3.97. The van der Waals surface area contributed by atoms with E-state index in [1.54, 1.807) is 0 Å². The molecule has 1 aliphatic carbocycles. The summed E-state index contributed by atoms with van der Waals surface area (Å²) < 4.78 is 0. The summed E-state index contributed by atoms with van der Waals surface area (Å²) in [5.41, 5.74) is 4.51. The van der Waals surface area contributed by atoms with Crippen LogP contribution in [0.4, 0.5) is 0 Å². The SMILES string of the molecule is CC(C)c1ccc(C(Br)C(C)C2CC2)c(C(C)C)c1. The van der Waals surface area contributed by atoms with Crippen LogP contribution in [0.2, 0.25) is 0 Å².